The molecule has 0 aliphatic carbocycles. The van der Waals surface area contributed by atoms with Crippen molar-refractivity contribution in [1.29, 1.82) is 0 Å². The van der Waals surface area contributed by atoms with E-state index < -0.39 is 4.92 Å². The second-order valence-electron chi connectivity index (χ2n) is 3.61. The second kappa shape index (κ2) is 7.48. The number of unbranched alkanes of at least 4 members (excludes halogenated alkanes) is 1. The summed E-state index contributed by atoms with van der Waals surface area (Å²) in [5, 5.41) is 14.3. The van der Waals surface area contributed by atoms with Crippen LogP contribution in [-0.4, -0.2) is 22.7 Å². The van der Waals surface area contributed by atoms with Crippen LogP contribution in [0.2, 0.25) is 0 Å². The Morgan fingerprint density at radius 3 is 2.67 bits per heavy atom. The van der Waals surface area contributed by atoms with Crippen molar-refractivity contribution in [2.24, 2.45) is 0 Å². The third-order valence-electron chi connectivity index (χ3n) is 2.20. The molecular formula is C11H12Br2N2O3. The van der Waals surface area contributed by atoms with Crippen molar-refractivity contribution in [3.8, 4) is 0 Å². The molecule has 1 N–H and O–H groups in total. The van der Waals surface area contributed by atoms with Gasteiger partial charge in [0, 0.05) is 34.0 Å². The summed E-state index contributed by atoms with van der Waals surface area (Å²) in [4.78, 5) is 21.9. The molecule has 0 unspecified atom stereocenters. The normalized spacial score (nSPS) is 10.1. The zero-order valence-electron chi connectivity index (χ0n) is 9.49. The first-order chi connectivity index (χ1) is 8.54. The van der Waals surface area contributed by atoms with Gasteiger partial charge in [-0.3, -0.25) is 14.9 Å². The third kappa shape index (κ3) is 4.73. The first kappa shape index (κ1) is 15.1. The molecule has 0 radical (unpaired) electrons. The molecule has 1 aromatic carbocycles. The Labute approximate surface area is 121 Å². The van der Waals surface area contributed by atoms with Gasteiger partial charge in [-0.25, -0.2) is 0 Å². The highest BCUT2D eigenvalue weighted by Crippen LogP contribution is 2.21. The van der Waals surface area contributed by atoms with Gasteiger partial charge in [0.05, 0.1) is 4.92 Å². The van der Waals surface area contributed by atoms with Gasteiger partial charge in [-0.15, -0.1) is 0 Å². The molecular weight excluding hydrogens is 368 g/mol. The summed E-state index contributed by atoms with van der Waals surface area (Å²) in [5.74, 6) is -0.297. The van der Waals surface area contributed by atoms with Crippen molar-refractivity contribution in [1.82, 2.24) is 5.32 Å². The van der Waals surface area contributed by atoms with E-state index in [0.29, 0.717) is 11.0 Å². The maximum atomic E-state index is 11.8. The van der Waals surface area contributed by atoms with Crippen LogP contribution in [0.5, 0.6) is 0 Å². The zero-order chi connectivity index (χ0) is 13.5. The Morgan fingerprint density at radius 1 is 1.33 bits per heavy atom. The molecule has 0 aliphatic heterocycles. The number of carbonyl (C=O) groups is 1. The molecule has 5 nitrogen and oxygen atoms in total. The number of amides is 1. The number of benzene rings is 1. The summed E-state index contributed by atoms with van der Waals surface area (Å²) in [6.07, 6.45) is 1.84. The number of hydrogen-bond donors (Lipinski definition) is 1. The van der Waals surface area contributed by atoms with Crippen molar-refractivity contribution in [3.05, 3.63) is 38.3 Å². The van der Waals surface area contributed by atoms with Gasteiger partial charge in [0.15, 0.2) is 0 Å². The van der Waals surface area contributed by atoms with Crippen LogP contribution in [0.3, 0.4) is 0 Å². The average molecular weight is 380 g/mol. The monoisotopic (exact) mass is 378 g/mol. The maximum absolute atomic E-state index is 11.8. The number of non-ortho nitro benzene ring substituents is 1. The summed E-state index contributed by atoms with van der Waals surface area (Å²) in [6.45, 7) is 0.560. The molecule has 0 saturated carbocycles. The summed E-state index contributed by atoms with van der Waals surface area (Å²) in [7, 11) is 0. The molecule has 1 rings (SSSR count). The van der Waals surface area contributed by atoms with Crippen LogP contribution in [-0.2, 0) is 0 Å². The number of rotatable bonds is 6. The van der Waals surface area contributed by atoms with E-state index in [1.54, 1.807) is 6.07 Å². The van der Waals surface area contributed by atoms with E-state index in [-0.39, 0.29) is 17.2 Å². The third-order valence-corrected chi connectivity index (χ3v) is 3.22. The largest absolute Gasteiger partial charge is 0.352 e. The van der Waals surface area contributed by atoms with Crippen molar-refractivity contribution < 1.29 is 9.72 Å². The lowest BCUT2D eigenvalue weighted by Crippen LogP contribution is -2.24. The predicted octanol–water partition coefficient (Wildman–Crippen LogP) is 3.26. The Balaban J connectivity index is 2.70. The van der Waals surface area contributed by atoms with Gasteiger partial charge in [0.1, 0.15) is 0 Å². The summed E-state index contributed by atoms with van der Waals surface area (Å²) < 4.78 is 0.516. The zero-order valence-corrected chi connectivity index (χ0v) is 12.7. The van der Waals surface area contributed by atoms with Crippen LogP contribution in [0.25, 0.3) is 0 Å². The molecule has 18 heavy (non-hydrogen) atoms. The van der Waals surface area contributed by atoms with Gasteiger partial charge in [-0.1, -0.05) is 31.9 Å². The van der Waals surface area contributed by atoms with E-state index >= 15 is 0 Å². The SMILES string of the molecule is O=C(NCCCCBr)c1cc(Br)cc([N+](=O)[O-])c1. The van der Waals surface area contributed by atoms with Crippen LogP contribution in [0.15, 0.2) is 22.7 Å². The molecule has 0 fully saturated rings. The Morgan fingerprint density at radius 2 is 2.06 bits per heavy atom. The van der Waals surface area contributed by atoms with E-state index in [2.05, 4.69) is 37.2 Å². The topological polar surface area (TPSA) is 72.2 Å². The lowest BCUT2D eigenvalue weighted by Gasteiger charge is -2.05. The van der Waals surface area contributed by atoms with E-state index in [4.69, 9.17) is 0 Å². The Hall–Kier alpha value is -0.950. The molecule has 0 heterocycles. The Bertz CT molecular complexity index is 452. The van der Waals surface area contributed by atoms with Gasteiger partial charge in [-0.2, -0.15) is 0 Å². The summed E-state index contributed by atoms with van der Waals surface area (Å²) >= 11 is 6.45. The molecule has 0 aliphatic rings. The first-order valence-corrected chi connectivity index (χ1v) is 7.25. The highest BCUT2D eigenvalue weighted by Gasteiger charge is 2.13. The van der Waals surface area contributed by atoms with Crippen LogP contribution < -0.4 is 5.32 Å². The van der Waals surface area contributed by atoms with E-state index in [1.165, 1.54) is 12.1 Å². The fraction of sp³-hybridized carbons (Fsp3) is 0.364. The van der Waals surface area contributed by atoms with Gasteiger partial charge in [0.25, 0.3) is 11.6 Å². The number of nitro groups is 1. The minimum atomic E-state index is -0.521. The standard InChI is InChI=1S/C11H12Br2N2O3/c12-3-1-2-4-14-11(16)8-5-9(13)7-10(6-8)15(17)18/h5-7H,1-4H2,(H,14,16). The number of nitrogens with one attached hydrogen (secondary N) is 1. The highest BCUT2D eigenvalue weighted by atomic mass is 79.9. The Kier molecular flexibility index (Phi) is 6.28. The molecule has 1 amide bonds. The molecule has 98 valence electrons. The van der Waals surface area contributed by atoms with Crippen LogP contribution in [0, 0.1) is 10.1 Å². The number of nitrogens with zero attached hydrogens (tertiary/aromatic N) is 1. The van der Waals surface area contributed by atoms with E-state index in [9.17, 15) is 14.9 Å². The number of nitro benzene ring substituents is 1. The van der Waals surface area contributed by atoms with Crippen molar-refractivity contribution in [3.63, 3.8) is 0 Å². The fourth-order valence-electron chi connectivity index (χ4n) is 1.33. The lowest BCUT2D eigenvalue weighted by atomic mass is 10.2. The summed E-state index contributed by atoms with van der Waals surface area (Å²) in [6, 6.07) is 4.19. The van der Waals surface area contributed by atoms with Gasteiger partial charge in [-0.05, 0) is 18.9 Å². The van der Waals surface area contributed by atoms with Crippen LogP contribution >= 0.6 is 31.9 Å². The molecule has 0 aromatic heterocycles. The second-order valence-corrected chi connectivity index (χ2v) is 5.32. The summed E-state index contributed by atoms with van der Waals surface area (Å²) in [5.41, 5.74) is 0.185. The van der Waals surface area contributed by atoms with Crippen LogP contribution in [0.1, 0.15) is 23.2 Å². The van der Waals surface area contributed by atoms with Crippen molar-refractivity contribution in [2.45, 2.75) is 12.8 Å². The van der Waals surface area contributed by atoms with Crippen LogP contribution in [0.4, 0.5) is 5.69 Å². The molecule has 7 heteroatoms. The molecule has 0 atom stereocenters. The number of hydrogen-bond acceptors (Lipinski definition) is 3. The lowest BCUT2D eigenvalue weighted by molar-refractivity contribution is -0.385. The van der Waals surface area contributed by atoms with Crippen molar-refractivity contribution >= 4 is 43.5 Å². The van der Waals surface area contributed by atoms with E-state index in [0.717, 1.165) is 18.2 Å². The maximum Gasteiger partial charge on any atom is 0.271 e. The smallest absolute Gasteiger partial charge is 0.271 e. The molecule has 1 aromatic rings. The van der Waals surface area contributed by atoms with Crippen molar-refractivity contribution in [2.75, 3.05) is 11.9 Å². The minimum Gasteiger partial charge on any atom is -0.352 e. The number of halogens is 2. The van der Waals surface area contributed by atoms with Gasteiger partial charge < -0.3 is 5.32 Å². The molecule has 0 bridgehead atoms. The predicted molar refractivity (Wildman–Crippen MR) is 76.2 cm³/mol. The molecule has 0 spiro atoms. The number of alkyl halides is 1. The number of carbonyl (C=O) groups excluding carboxylic acids is 1. The minimum absolute atomic E-state index is 0.102. The molecule has 0 saturated heterocycles. The average Bonchev–Trinajstić information content (AvgIpc) is 2.33. The van der Waals surface area contributed by atoms with Gasteiger partial charge >= 0.3 is 0 Å². The first-order valence-electron chi connectivity index (χ1n) is 5.33. The highest BCUT2D eigenvalue weighted by molar-refractivity contribution is 9.10. The fourth-order valence-corrected chi connectivity index (χ4v) is 2.21. The quantitative estimate of drug-likeness (QED) is 0.357. The van der Waals surface area contributed by atoms with Gasteiger partial charge in [0.2, 0.25) is 0 Å². The van der Waals surface area contributed by atoms with E-state index in [1.807, 2.05) is 0 Å².